The van der Waals surface area contributed by atoms with Crippen molar-refractivity contribution in [2.75, 3.05) is 31.3 Å². The van der Waals surface area contributed by atoms with E-state index in [9.17, 15) is 4.79 Å². The van der Waals surface area contributed by atoms with Crippen LogP contribution in [0.2, 0.25) is 0 Å². The summed E-state index contributed by atoms with van der Waals surface area (Å²) in [5.41, 5.74) is 11.3. The number of nitrogens with two attached hydrogens (primary N) is 2. The van der Waals surface area contributed by atoms with Crippen LogP contribution in [0.25, 0.3) is 0 Å². The highest BCUT2D eigenvalue weighted by molar-refractivity contribution is 7.19. The van der Waals surface area contributed by atoms with E-state index >= 15 is 0 Å². The van der Waals surface area contributed by atoms with E-state index in [4.69, 9.17) is 20.9 Å². The van der Waals surface area contributed by atoms with Gasteiger partial charge >= 0.3 is 0 Å². The SMILES string of the molecule is COc1c(NCCOC(C)C)sc(C(N)=O)c1N. The van der Waals surface area contributed by atoms with Gasteiger partial charge in [0.25, 0.3) is 5.91 Å². The van der Waals surface area contributed by atoms with Crippen LogP contribution in [0.3, 0.4) is 0 Å². The summed E-state index contributed by atoms with van der Waals surface area (Å²) in [4.78, 5) is 11.5. The summed E-state index contributed by atoms with van der Waals surface area (Å²) in [6.45, 7) is 5.10. The van der Waals surface area contributed by atoms with Gasteiger partial charge in [0.05, 0.1) is 19.8 Å². The normalized spacial score (nSPS) is 10.7. The first-order valence-electron chi connectivity index (χ1n) is 5.58. The summed E-state index contributed by atoms with van der Waals surface area (Å²) in [7, 11) is 1.50. The lowest BCUT2D eigenvalue weighted by molar-refractivity contribution is 0.0870. The van der Waals surface area contributed by atoms with E-state index in [1.807, 2.05) is 13.8 Å². The second-order valence-corrected chi connectivity index (χ2v) is 4.94. The Kier molecular flexibility index (Phi) is 5.24. The number of amides is 1. The summed E-state index contributed by atoms with van der Waals surface area (Å²) in [6.07, 6.45) is 0.184. The van der Waals surface area contributed by atoms with Gasteiger partial charge in [0, 0.05) is 6.54 Å². The molecular formula is C11H19N3O3S. The zero-order valence-corrected chi connectivity index (χ0v) is 11.6. The zero-order chi connectivity index (χ0) is 13.7. The Morgan fingerprint density at radius 3 is 2.67 bits per heavy atom. The van der Waals surface area contributed by atoms with E-state index in [1.54, 1.807) is 0 Å². The number of nitrogen functional groups attached to an aromatic ring is 1. The summed E-state index contributed by atoms with van der Waals surface area (Å²) < 4.78 is 10.6. The van der Waals surface area contributed by atoms with Crippen LogP contribution in [0.4, 0.5) is 10.7 Å². The van der Waals surface area contributed by atoms with Crippen LogP contribution in [0.15, 0.2) is 0 Å². The number of nitrogens with one attached hydrogen (secondary N) is 1. The molecule has 7 heteroatoms. The molecule has 0 aliphatic heterocycles. The number of ether oxygens (including phenoxy) is 2. The van der Waals surface area contributed by atoms with Gasteiger partial charge in [-0.05, 0) is 13.8 Å². The summed E-state index contributed by atoms with van der Waals surface area (Å²) >= 11 is 1.19. The first-order valence-corrected chi connectivity index (χ1v) is 6.40. The van der Waals surface area contributed by atoms with Crippen LogP contribution >= 0.6 is 11.3 Å². The highest BCUT2D eigenvalue weighted by atomic mass is 32.1. The topological polar surface area (TPSA) is 99.6 Å². The van der Waals surface area contributed by atoms with E-state index in [-0.39, 0.29) is 11.8 Å². The van der Waals surface area contributed by atoms with Gasteiger partial charge in [-0.2, -0.15) is 0 Å². The summed E-state index contributed by atoms with van der Waals surface area (Å²) in [5.74, 6) is -0.0966. The minimum Gasteiger partial charge on any atom is -0.492 e. The fourth-order valence-corrected chi connectivity index (χ4v) is 2.36. The number of carbonyl (C=O) groups excluding carboxylic acids is 1. The van der Waals surface area contributed by atoms with Crippen LogP contribution in [0, 0.1) is 0 Å². The monoisotopic (exact) mass is 273 g/mol. The molecule has 1 heterocycles. The molecule has 0 saturated carbocycles. The maximum atomic E-state index is 11.2. The van der Waals surface area contributed by atoms with Crippen LogP contribution in [0.1, 0.15) is 23.5 Å². The van der Waals surface area contributed by atoms with Crippen LogP contribution in [-0.4, -0.2) is 32.3 Å². The van der Waals surface area contributed by atoms with Crippen molar-refractivity contribution in [3.63, 3.8) is 0 Å². The molecule has 0 saturated heterocycles. The van der Waals surface area contributed by atoms with E-state index in [0.29, 0.717) is 28.8 Å². The minimum atomic E-state index is -0.553. The number of methoxy groups -OCH3 is 1. The number of thiophene rings is 1. The molecule has 5 N–H and O–H groups in total. The lowest BCUT2D eigenvalue weighted by Crippen LogP contribution is -2.12. The molecule has 0 aliphatic carbocycles. The predicted octanol–water partition coefficient (Wildman–Crippen LogP) is 1.27. The first-order chi connectivity index (χ1) is 8.47. The maximum Gasteiger partial charge on any atom is 0.261 e. The van der Waals surface area contributed by atoms with Gasteiger partial charge in [0.2, 0.25) is 0 Å². The predicted molar refractivity (Wildman–Crippen MR) is 73.4 cm³/mol. The summed E-state index contributed by atoms with van der Waals surface area (Å²) in [5, 5.41) is 3.81. The fraction of sp³-hybridized carbons (Fsp3) is 0.545. The molecule has 1 aromatic rings. The maximum absolute atomic E-state index is 11.2. The van der Waals surface area contributed by atoms with Crippen molar-refractivity contribution < 1.29 is 14.3 Å². The number of hydrogen-bond donors (Lipinski definition) is 3. The van der Waals surface area contributed by atoms with E-state index < -0.39 is 5.91 Å². The Balaban J connectivity index is 2.70. The first kappa shape index (κ1) is 14.6. The van der Waals surface area contributed by atoms with Crippen molar-refractivity contribution >= 4 is 27.9 Å². The second-order valence-electron chi connectivity index (χ2n) is 3.92. The third-order valence-corrected chi connectivity index (χ3v) is 3.33. The quantitative estimate of drug-likeness (QED) is 0.650. The molecule has 0 fully saturated rings. The third kappa shape index (κ3) is 3.51. The van der Waals surface area contributed by atoms with Crippen molar-refractivity contribution in [2.45, 2.75) is 20.0 Å². The molecule has 6 nitrogen and oxygen atoms in total. The lowest BCUT2D eigenvalue weighted by Gasteiger charge is -2.09. The Hall–Kier alpha value is -1.47. The van der Waals surface area contributed by atoms with Gasteiger partial charge in [-0.25, -0.2) is 0 Å². The van der Waals surface area contributed by atoms with E-state index in [1.165, 1.54) is 18.4 Å². The molecule has 1 amide bonds. The van der Waals surface area contributed by atoms with Crippen molar-refractivity contribution in [1.29, 1.82) is 0 Å². The molecular weight excluding hydrogens is 254 g/mol. The van der Waals surface area contributed by atoms with Crippen molar-refractivity contribution in [3.8, 4) is 5.75 Å². The average Bonchev–Trinajstić information content (AvgIpc) is 2.61. The molecule has 0 aromatic carbocycles. The molecule has 0 atom stereocenters. The highest BCUT2D eigenvalue weighted by Gasteiger charge is 2.19. The van der Waals surface area contributed by atoms with Crippen molar-refractivity contribution in [3.05, 3.63) is 4.88 Å². The van der Waals surface area contributed by atoms with Crippen LogP contribution in [0.5, 0.6) is 5.75 Å². The Bertz CT molecular complexity index is 418. The van der Waals surface area contributed by atoms with Crippen molar-refractivity contribution in [2.24, 2.45) is 5.73 Å². The molecule has 0 bridgehead atoms. The minimum absolute atomic E-state index is 0.184. The Morgan fingerprint density at radius 1 is 1.50 bits per heavy atom. The van der Waals surface area contributed by atoms with E-state index in [0.717, 1.165) is 0 Å². The standard InChI is InChI=1S/C11H19N3O3S/c1-6(2)17-5-4-14-11-8(16-3)7(12)9(18-11)10(13)15/h6,14H,4-5,12H2,1-3H3,(H2,13,15). The molecule has 1 rings (SSSR count). The zero-order valence-electron chi connectivity index (χ0n) is 10.8. The Morgan fingerprint density at radius 2 is 2.17 bits per heavy atom. The lowest BCUT2D eigenvalue weighted by atomic mass is 10.3. The van der Waals surface area contributed by atoms with Crippen molar-refractivity contribution in [1.82, 2.24) is 0 Å². The summed E-state index contributed by atoms with van der Waals surface area (Å²) in [6, 6.07) is 0. The molecule has 1 aromatic heterocycles. The smallest absolute Gasteiger partial charge is 0.261 e. The van der Waals surface area contributed by atoms with Crippen LogP contribution < -0.4 is 21.5 Å². The average molecular weight is 273 g/mol. The number of primary amides is 1. The second kappa shape index (κ2) is 6.46. The molecule has 0 spiro atoms. The number of anilines is 2. The third-order valence-electron chi connectivity index (χ3n) is 2.17. The molecule has 0 unspecified atom stereocenters. The number of carbonyl (C=O) groups is 1. The molecule has 0 aliphatic rings. The largest absolute Gasteiger partial charge is 0.492 e. The van der Waals surface area contributed by atoms with Gasteiger partial charge in [0.1, 0.15) is 15.6 Å². The van der Waals surface area contributed by atoms with Gasteiger partial charge in [-0.1, -0.05) is 0 Å². The fourth-order valence-electron chi connectivity index (χ4n) is 1.39. The van der Waals surface area contributed by atoms with Gasteiger partial charge < -0.3 is 26.3 Å². The molecule has 18 heavy (non-hydrogen) atoms. The van der Waals surface area contributed by atoms with Gasteiger partial charge in [-0.15, -0.1) is 11.3 Å². The van der Waals surface area contributed by atoms with E-state index in [2.05, 4.69) is 5.32 Å². The number of hydrogen-bond acceptors (Lipinski definition) is 6. The molecule has 102 valence electrons. The molecule has 0 radical (unpaired) electrons. The van der Waals surface area contributed by atoms with Crippen LogP contribution in [-0.2, 0) is 4.74 Å². The number of rotatable bonds is 7. The van der Waals surface area contributed by atoms with Gasteiger partial charge in [0.15, 0.2) is 5.75 Å². The Labute approximate surface area is 110 Å². The highest BCUT2D eigenvalue weighted by Crippen LogP contribution is 2.41. The van der Waals surface area contributed by atoms with Gasteiger partial charge in [-0.3, -0.25) is 4.79 Å².